The number of rotatable bonds is 3. The largest absolute Gasteiger partial charge is 1.00 e. The molecule has 0 amide bonds. The van der Waals surface area contributed by atoms with Gasteiger partial charge in [-0.05, 0) is 28.4 Å². The van der Waals surface area contributed by atoms with Gasteiger partial charge in [0.1, 0.15) is 0 Å². The summed E-state index contributed by atoms with van der Waals surface area (Å²) < 4.78 is 37.9. The number of benzene rings is 3. The molecule has 260 valence electrons. The van der Waals surface area contributed by atoms with Gasteiger partial charge in [-0.25, -0.2) is 5.57 Å². The quantitative estimate of drug-likeness (QED) is 0.218. The van der Waals surface area contributed by atoms with Crippen molar-refractivity contribution in [3.05, 3.63) is 117 Å². The average molecular weight is 775 g/mol. The van der Waals surface area contributed by atoms with Gasteiger partial charge in [-0.3, -0.25) is 6.08 Å². The Balaban J connectivity index is 0.000000374. The van der Waals surface area contributed by atoms with Gasteiger partial charge in [0.05, 0.1) is 0 Å². The minimum Gasteiger partial charge on any atom is -1.00 e. The van der Waals surface area contributed by atoms with Crippen LogP contribution in [0.25, 0.3) is 11.1 Å². The molecule has 0 saturated carbocycles. The molecule has 0 N–H and O–H groups in total. The molecule has 5 rings (SSSR count). The summed E-state index contributed by atoms with van der Waals surface area (Å²) in [5.74, 6) is 0.573. The van der Waals surface area contributed by atoms with E-state index in [4.69, 9.17) is 0 Å². The first kappa shape index (κ1) is 44.3. The smallest absolute Gasteiger partial charge is 1.00 e. The molecule has 0 heterocycles. The Morgan fingerprint density at radius 1 is 0.750 bits per heavy atom. The summed E-state index contributed by atoms with van der Waals surface area (Å²) >= 11 is 1.18. The molecule has 0 aromatic heterocycles. The molecule has 0 saturated heterocycles. The van der Waals surface area contributed by atoms with Crippen LogP contribution in [0.2, 0.25) is 0 Å². The fourth-order valence-corrected chi connectivity index (χ4v) is 6.13. The summed E-state index contributed by atoms with van der Waals surface area (Å²) in [6.07, 6.45) is 5.08. The van der Waals surface area contributed by atoms with Crippen molar-refractivity contribution in [2.45, 2.75) is 112 Å². The van der Waals surface area contributed by atoms with Crippen LogP contribution in [0.1, 0.15) is 122 Å². The zero-order valence-electron chi connectivity index (χ0n) is 30.4. The number of hydrogen-bond acceptors (Lipinski definition) is 0. The van der Waals surface area contributed by atoms with E-state index in [1.165, 1.54) is 87.3 Å². The van der Waals surface area contributed by atoms with E-state index in [-0.39, 0.29) is 35.6 Å². The van der Waals surface area contributed by atoms with Gasteiger partial charge < -0.3 is 24.8 Å². The maximum Gasteiger partial charge on any atom is -1.00 e. The van der Waals surface area contributed by atoms with Crippen LogP contribution in [0.3, 0.4) is 0 Å². The Morgan fingerprint density at radius 3 is 1.75 bits per heavy atom. The van der Waals surface area contributed by atoms with E-state index in [2.05, 4.69) is 125 Å². The summed E-state index contributed by atoms with van der Waals surface area (Å²) in [6, 6.07) is 20.3. The van der Waals surface area contributed by atoms with Crippen LogP contribution in [0.5, 0.6) is 0 Å². The van der Waals surface area contributed by atoms with Gasteiger partial charge in [0, 0.05) is 0 Å². The summed E-state index contributed by atoms with van der Waals surface area (Å²) in [7, 11) is 0. The Labute approximate surface area is 316 Å². The third-order valence-corrected chi connectivity index (χ3v) is 9.34. The fourth-order valence-electron chi connectivity index (χ4n) is 5.66. The van der Waals surface area contributed by atoms with Crippen molar-refractivity contribution < 1.29 is 62.2 Å². The molecule has 6 heteroatoms. The van der Waals surface area contributed by atoms with Crippen molar-refractivity contribution >= 4 is 3.71 Å². The molecule has 0 fully saturated rings. The van der Waals surface area contributed by atoms with Crippen LogP contribution >= 0.6 is 0 Å². The van der Waals surface area contributed by atoms with Gasteiger partial charge in [0.2, 0.25) is 0 Å². The zero-order chi connectivity index (χ0) is 34.7. The van der Waals surface area contributed by atoms with Crippen molar-refractivity contribution in [3.63, 3.8) is 0 Å². The van der Waals surface area contributed by atoms with E-state index >= 15 is 0 Å². The standard InChI is InChI=1S/C21H25.C13H21.C8H5F3.2ClH.Zr/c1-20(2,3)16-7-9-18-14(12-16)11-15-13-17(21(4,5)6)8-10-19(15)18;1-6-10-8-11(7-2)12(9-10)13(3,4)5;1-6-2-4-7(5-3-6)8(9,10)11;;;/h7-10,12H,11H2,1-6H3;9-10H,6-7H2,1-5H3;1-5H;2*1H;/q2*-1;;;;+2/p-2. The molecule has 2 aliphatic carbocycles. The van der Waals surface area contributed by atoms with Gasteiger partial charge in [0.15, 0.2) is 0 Å². The Morgan fingerprint density at radius 2 is 1.31 bits per heavy atom. The molecule has 1 unspecified atom stereocenters. The van der Waals surface area contributed by atoms with Crippen LogP contribution in [-0.4, -0.2) is 3.71 Å². The summed E-state index contributed by atoms with van der Waals surface area (Å²) in [4.78, 5) is 0. The molecule has 3 aromatic carbocycles. The van der Waals surface area contributed by atoms with Gasteiger partial charge in [-0.1, -0.05) is 124 Å². The van der Waals surface area contributed by atoms with Gasteiger partial charge >= 0.3 is 82.7 Å². The van der Waals surface area contributed by atoms with Crippen molar-refractivity contribution in [3.8, 4) is 11.1 Å². The second kappa shape index (κ2) is 17.5. The zero-order valence-corrected chi connectivity index (χ0v) is 34.4. The maximum atomic E-state index is 12.0. The van der Waals surface area contributed by atoms with E-state index in [9.17, 15) is 13.2 Å². The minimum absolute atomic E-state index is 0. The number of fused-ring (bicyclic) bond motifs is 3. The van der Waals surface area contributed by atoms with Crippen LogP contribution in [-0.2, 0) is 47.7 Å². The number of halogens is 5. The van der Waals surface area contributed by atoms with Crippen molar-refractivity contribution in [2.24, 2.45) is 11.3 Å². The number of hydrogen-bond donors (Lipinski definition) is 0. The average Bonchev–Trinajstić information content (AvgIpc) is 3.57. The van der Waals surface area contributed by atoms with Gasteiger partial charge in [-0.15, -0.1) is 11.1 Å². The Kier molecular flexibility index (Phi) is 16.1. The minimum atomic E-state index is -4.22. The van der Waals surface area contributed by atoms with Crippen molar-refractivity contribution in [2.75, 3.05) is 0 Å². The normalized spacial score (nSPS) is 15.2. The summed E-state index contributed by atoms with van der Waals surface area (Å²) in [5.41, 5.74) is 12.2. The number of allylic oxidation sites excluding steroid dienone is 4. The molecule has 2 aliphatic rings. The van der Waals surface area contributed by atoms with Crippen molar-refractivity contribution in [1.82, 2.24) is 0 Å². The Bertz CT molecular complexity index is 1510. The summed E-state index contributed by atoms with van der Waals surface area (Å²) in [5, 5.41) is 0. The molecule has 1 atom stereocenters. The fraction of sp³-hybridized carbons (Fsp3) is 0.452. The van der Waals surface area contributed by atoms with Crippen molar-refractivity contribution in [1.29, 1.82) is 0 Å². The first-order valence-corrected chi connectivity index (χ1v) is 17.8. The van der Waals surface area contributed by atoms with E-state index in [0.29, 0.717) is 11.3 Å². The molecule has 0 nitrogen and oxygen atoms in total. The molecular weight excluding hydrogens is 724 g/mol. The number of alkyl halides is 3. The molecule has 3 aromatic rings. The van der Waals surface area contributed by atoms with Gasteiger partial charge in [-0.2, -0.15) is 35.4 Å². The second-order valence-corrected chi connectivity index (χ2v) is 16.1. The topological polar surface area (TPSA) is 0 Å². The third kappa shape index (κ3) is 11.7. The molecular formula is C42H51Cl2F3Zr-2. The molecule has 0 spiro atoms. The van der Waals surface area contributed by atoms with E-state index in [0.717, 1.165) is 30.5 Å². The van der Waals surface area contributed by atoms with Gasteiger partial charge in [0.25, 0.3) is 0 Å². The van der Waals surface area contributed by atoms with E-state index in [1.807, 2.05) is 3.71 Å². The molecule has 0 bridgehead atoms. The second-order valence-electron chi connectivity index (χ2n) is 15.4. The maximum absolute atomic E-state index is 12.0. The SMILES string of the molecule is CC(C)(C)c1[c-]c2c(cc1)-c1ccc(C(C)(C)C)cc1C2.CCC1=[C-]C(CC)C=C1C(C)(C)C.FC(F)(F)c1ccc([CH]=[Zr+2])cc1.[Cl-].[Cl-]. The Hall–Kier alpha value is -1.74. The third-order valence-electron chi connectivity index (χ3n) is 8.52. The van der Waals surface area contributed by atoms with Crippen LogP contribution in [0.15, 0.2) is 71.8 Å². The molecule has 48 heavy (non-hydrogen) atoms. The van der Waals surface area contributed by atoms with Crippen LogP contribution in [0, 0.1) is 23.5 Å². The van der Waals surface area contributed by atoms with E-state index < -0.39 is 11.7 Å². The summed E-state index contributed by atoms with van der Waals surface area (Å²) in [6.45, 7) is 24.9. The van der Waals surface area contributed by atoms with Crippen LogP contribution < -0.4 is 24.8 Å². The predicted molar refractivity (Wildman–Crippen MR) is 186 cm³/mol. The first-order valence-electron chi connectivity index (χ1n) is 16.4. The first-order chi connectivity index (χ1) is 21.2. The molecule has 0 radical (unpaired) electrons. The van der Waals surface area contributed by atoms with E-state index in [1.54, 1.807) is 0 Å². The van der Waals surface area contributed by atoms with Crippen LogP contribution in [0.4, 0.5) is 13.2 Å². The molecule has 0 aliphatic heterocycles. The predicted octanol–water partition coefficient (Wildman–Crippen LogP) is 6.20. The monoisotopic (exact) mass is 772 g/mol.